The summed E-state index contributed by atoms with van der Waals surface area (Å²) in [5, 5.41) is 8.03. The Labute approximate surface area is 121 Å². The van der Waals surface area contributed by atoms with Gasteiger partial charge in [0.2, 0.25) is 0 Å². The molecule has 1 N–H and O–H groups in total. The Balaban J connectivity index is 1.81. The molecule has 19 heavy (non-hydrogen) atoms. The SMILES string of the molecule is CSC1(CNCc2cnn(C(C)C)c2)CCCCC1. The van der Waals surface area contributed by atoms with Gasteiger partial charge in [-0.25, -0.2) is 0 Å². The smallest absolute Gasteiger partial charge is 0.0534 e. The predicted octanol–water partition coefficient (Wildman–Crippen LogP) is 3.62. The Morgan fingerprint density at radius 1 is 1.37 bits per heavy atom. The second kappa shape index (κ2) is 6.80. The van der Waals surface area contributed by atoms with Crippen molar-refractivity contribution >= 4 is 11.8 Å². The average Bonchev–Trinajstić information content (AvgIpc) is 2.89. The Hall–Kier alpha value is -0.480. The summed E-state index contributed by atoms with van der Waals surface area (Å²) in [6.07, 6.45) is 13.4. The second-order valence-electron chi connectivity index (χ2n) is 5.97. The summed E-state index contributed by atoms with van der Waals surface area (Å²) in [5.74, 6) is 0. The van der Waals surface area contributed by atoms with Gasteiger partial charge in [0, 0.05) is 35.6 Å². The first kappa shape index (κ1) is 14.9. The fraction of sp³-hybridized carbons (Fsp3) is 0.800. The van der Waals surface area contributed by atoms with Crippen molar-refractivity contribution in [2.45, 2.75) is 63.3 Å². The van der Waals surface area contributed by atoms with E-state index in [1.54, 1.807) is 0 Å². The number of hydrogen-bond donors (Lipinski definition) is 1. The molecule has 0 aliphatic heterocycles. The maximum absolute atomic E-state index is 4.39. The summed E-state index contributed by atoms with van der Waals surface area (Å²) in [4.78, 5) is 0. The lowest BCUT2D eigenvalue weighted by Gasteiger charge is -2.36. The normalized spacial score (nSPS) is 18.9. The first-order valence-corrected chi connectivity index (χ1v) is 8.67. The van der Waals surface area contributed by atoms with Crippen LogP contribution in [0.15, 0.2) is 12.4 Å². The van der Waals surface area contributed by atoms with Crippen molar-refractivity contribution in [1.82, 2.24) is 15.1 Å². The lowest BCUT2D eigenvalue weighted by Crippen LogP contribution is -2.39. The maximum atomic E-state index is 4.39. The standard InChI is InChI=1S/C15H27N3S/c1-13(2)18-11-14(10-17-18)9-16-12-15(19-3)7-5-4-6-8-15/h10-11,13,16H,4-9,12H2,1-3H3. The van der Waals surface area contributed by atoms with Gasteiger partial charge in [-0.15, -0.1) is 0 Å². The lowest BCUT2D eigenvalue weighted by molar-refractivity contribution is 0.379. The third-order valence-corrected chi connectivity index (χ3v) is 5.58. The van der Waals surface area contributed by atoms with Crippen LogP contribution in [0.1, 0.15) is 57.6 Å². The molecule has 2 rings (SSSR count). The Kier molecular flexibility index (Phi) is 5.34. The molecule has 1 aromatic heterocycles. The number of nitrogens with one attached hydrogen (secondary N) is 1. The highest BCUT2D eigenvalue weighted by atomic mass is 32.2. The quantitative estimate of drug-likeness (QED) is 0.863. The van der Waals surface area contributed by atoms with Gasteiger partial charge in [-0.05, 0) is 32.9 Å². The van der Waals surface area contributed by atoms with Gasteiger partial charge in [-0.3, -0.25) is 4.68 Å². The highest BCUT2D eigenvalue weighted by Gasteiger charge is 2.30. The first-order chi connectivity index (χ1) is 9.15. The minimum absolute atomic E-state index is 0.449. The third-order valence-electron chi connectivity index (χ3n) is 4.16. The number of hydrogen-bond acceptors (Lipinski definition) is 3. The fourth-order valence-electron chi connectivity index (χ4n) is 2.83. The molecule has 0 radical (unpaired) electrons. The Bertz CT molecular complexity index is 380. The highest BCUT2D eigenvalue weighted by Crippen LogP contribution is 2.37. The zero-order valence-electron chi connectivity index (χ0n) is 12.5. The van der Waals surface area contributed by atoms with Gasteiger partial charge in [0.15, 0.2) is 0 Å². The van der Waals surface area contributed by atoms with Crippen LogP contribution in [-0.4, -0.2) is 27.3 Å². The summed E-state index contributed by atoms with van der Waals surface area (Å²) >= 11 is 2.06. The third kappa shape index (κ3) is 3.99. The van der Waals surface area contributed by atoms with Crippen molar-refractivity contribution in [2.75, 3.05) is 12.8 Å². The van der Waals surface area contributed by atoms with Crippen LogP contribution in [0.5, 0.6) is 0 Å². The second-order valence-corrected chi connectivity index (χ2v) is 7.25. The molecule has 108 valence electrons. The molecule has 1 fully saturated rings. The molecular formula is C15H27N3S. The van der Waals surface area contributed by atoms with E-state index in [0.29, 0.717) is 10.8 Å². The molecule has 0 spiro atoms. The van der Waals surface area contributed by atoms with Crippen LogP contribution in [0.4, 0.5) is 0 Å². The molecule has 0 atom stereocenters. The zero-order valence-corrected chi connectivity index (χ0v) is 13.3. The summed E-state index contributed by atoms with van der Waals surface area (Å²) < 4.78 is 2.51. The van der Waals surface area contributed by atoms with Gasteiger partial charge in [0.25, 0.3) is 0 Å². The van der Waals surface area contributed by atoms with Crippen molar-refractivity contribution in [3.63, 3.8) is 0 Å². The monoisotopic (exact) mass is 281 g/mol. The maximum Gasteiger partial charge on any atom is 0.0534 e. The van der Waals surface area contributed by atoms with E-state index in [1.807, 2.05) is 10.9 Å². The lowest BCUT2D eigenvalue weighted by atomic mass is 9.88. The van der Waals surface area contributed by atoms with E-state index in [4.69, 9.17) is 0 Å². The van der Waals surface area contributed by atoms with Gasteiger partial charge < -0.3 is 5.32 Å². The van der Waals surface area contributed by atoms with E-state index in [2.05, 4.69) is 48.5 Å². The molecule has 1 aliphatic carbocycles. The van der Waals surface area contributed by atoms with E-state index >= 15 is 0 Å². The summed E-state index contributed by atoms with van der Waals surface area (Å²) in [5.41, 5.74) is 1.29. The number of thioether (sulfide) groups is 1. The Morgan fingerprint density at radius 3 is 2.68 bits per heavy atom. The summed E-state index contributed by atoms with van der Waals surface area (Å²) in [6.45, 7) is 6.39. The van der Waals surface area contributed by atoms with Crippen LogP contribution in [-0.2, 0) is 6.54 Å². The molecule has 1 aromatic rings. The molecule has 1 aliphatic rings. The van der Waals surface area contributed by atoms with Gasteiger partial charge in [0.1, 0.15) is 0 Å². The largest absolute Gasteiger partial charge is 0.311 e. The average molecular weight is 281 g/mol. The van der Waals surface area contributed by atoms with E-state index in [-0.39, 0.29) is 0 Å². The zero-order chi connectivity index (χ0) is 13.7. The topological polar surface area (TPSA) is 29.9 Å². The molecule has 4 heteroatoms. The molecule has 1 saturated carbocycles. The minimum atomic E-state index is 0.449. The molecule has 3 nitrogen and oxygen atoms in total. The number of aromatic nitrogens is 2. The van der Waals surface area contributed by atoms with Crippen molar-refractivity contribution in [3.8, 4) is 0 Å². The molecule has 0 saturated heterocycles. The van der Waals surface area contributed by atoms with Crippen molar-refractivity contribution in [3.05, 3.63) is 18.0 Å². The highest BCUT2D eigenvalue weighted by molar-refractivity contribution is 8.00. The van der Waals surface area contributed by atoms with E-state index < -0.39 is 0 Å². The van der Waals surface area contributed by atoms with Gasteiger partial charge >= 0.3 is 0 Å². The molecule has 0 bridgehead atoms. The molecule has 1 heterocycles. The fourth-order valence-corrected chi connectivity index (χ4v) is 3.78. The van der Waals surface area contributed by atoms with E-state index in [0.717, 1.165) is 13.1 Å². The summed E-state index contributed by atoms with van der Waals surface area (Å²) in [6, 6.07) is 0.449. The molecule has 0 unspecified atom stereocenters. The van der Waals surface area contributed by atoms with Crippen LogP contribution in [0.3, 0.4) is 0 Å². The Morgan fingerprint density at radius 2 is 2.11 bits per heavy atom. The molecule has 0 aromatic carbocycles. The van der Waals surface area contributed by atoms with Gasteiger partial charge in [-0.1, -0.05) is 19.3 Å². The van der Waals surface area contributed by atoms with Crippen LogP contribution in [0.2, 0.25) is 0 Å². The van der Waals surface area contributed by atoms with Crippen LogP contribution in [0, 0.1) is 0 Å². The van der Waals surface area contributed by atoms with Crippen LogP contribution in [0.25, 0.3) is 0 Å². The predicted molar refractivity (Wildman–Crippen MR) is 83.6 cm³/mol. The van der Waals surface area contributed by atoms with E-state index in [9.17, 15) is 0 Å². The summed E-state index contributed by atoms with van der Waals surface area (Å²) in [7, 11) is 0. The van der Waals surface area contributed by atoms with E-state index in [1.165, 1.54) is 37.7 Å². The number of nitrogens with zero attached hydrogens (tertiary/aromatic N) is 2. The molecular weight excluding hydrogens is 254 g/mol. The van der Waals surface area contributed by atoms with Gasteiger partial charge in [0.05, 0.1) is 6.20 Å². The molecule has 0 amide bonds. The number of rotatable bonds is 6. The minimum Gasteiger partial charge on any atom is -0.311 e. The van der Waals surface area contributed by atoms with Crippen LogP contribution < -0.4 is 5.32 Å². The van der Waals surface area contributed by atoms with Crippen LogP contribution >= 0.6 is 11.8 Å². The van der Waals surface area contributed by atoms with Crippen molar-refractivity contribution in [1.29, 1.82) is 0 Å². The first-order valence-electron chi connectivity index (χ1n) is 7.44. The van der Waals surface area contributed by atoms with Crippen molar-refractivity contribution in [2.24, 2.45) is 0 Å². The van der Waals surface area contributed by atoms with Gasteiger partial charge in [-0.2, -0.15) is 16.9 Å². The van der Waals surface area contributed by atoms with Crippen molar-refractivity contribution < 1.29 is 0 Å².